The van der Waals surface area contributed by atoms with Gasteiger partial charge in [0.1, 0.15) is 6.33 Å². The molecule has 2 N–H and O–H groups in total. The van der Waals surface area contributed by atoms with Gasteiger partial charge >= 0.3 is 0 Å². The van der Waals surface area contributed by atoms with E-state index in [0.29, 0.717) is 10.5 Å². The van der Waals surface area contributed by atoms with E-state index < -0.39 is 0 Å². The van der Waals surface area contributed by atoms with Crippen LogP contribution in [0.4, 0.5) is 0 Å². The van der Waals surface area contributed by atoms with E-state index in [1.807, 2.05) is 0 Å². The van der Waals surface area contributed by atoms with Gasteiger partial charge in [0, 0.05) is 0 Å². The molecule has 2 aromatic rings. The summed E-state index contributed by atoms with van der Waals surface area (Å²) in [7, 11) is 0. The third kappa shape index (κ3) is 0.501. The Bertz CT molecular complexity index is 366. The molecule has 0 aromatic carbocycles. The monoisotopic (exact) mass is 141 g/mol. The second-order valence-corrected chi connectivity index (χ2v) is 1.94. The number of hydrogen-bond donors (Lipinski definition) is 2. The molecule has 0 spiro atoms. The molecule has 2 aromatic heterocycles. The second-order valence-electron chi connectivity index (χ2n) is 1.55. The fourth-order valence-electron chi connectivity index (χ4n) is 0.636. The van der Waals surface area contributed by atoms with Gasteiger partial charge in [-0.25, -0.2) is 5.10 Å². The summed E-state index contributed by atoms with van der Waals surface area (Å²) in [5.74, 6) is 0.569. The van der Waals surface area contributed by atoms with Crippen molar-refractivity contribution in [2.75, 3.05) is 0 Å². The van der Waals surface area contributed by atoms with Crippen LogP contribution in [0.2, 0.25) is 0 Å². The van der Waals surface area contributed by atoms with Gasteiger partial charge in [0.05, 0.1) is 0 Å². The molecule has 0 bridgehead atoms. The van der Waals surface area contributed by atoms with Crippen LogP contribution in [0.5, 0.6) is 0 Å². The molecule has 0 aliphatic rings. The minimum Gasteiger partial charge on any atom is -0.278 e. The van der Waals surface area contributed by atoms with Crippen LogP contribution < -0.4 is 0 Å². The number of aromatic amines is 2. The first-order valence-electron chi connectivity index (χ1n) is 2.34. The molecule has 6 heteroatoms. The maximum atomic E-state index is 4.81. The van der Waals surface area contributed by atoms with Crippen LogP contribution in [0.3, 0.4) is 0 Å². The van der Waals surface area contributed by atoms with E-state index in [-0.39, 0.29) is 0 Å². The van der Waals surface area contributed by atoms with Crippen LogP contribution in [0.15, 0.2) is 6.33 Å². The van der Waals surface area contributed by atoms with Gasteiger partial charge in [0.2, 0.25) is 4.77 Å². The Labute approximate surface area is 54.7 Å². The van der Waals surface area contributed by atoms with Gasteiger partial charge in [-0.1, -0.05) is 0 Å². The minimum atomic E-state index is 0.530. The van der Waals surface area contributed by atoms with Crippen molar-refractivity contribution in [3.8, 4) is 0 Å². The highest BCUT2D eigenvalue weighted by atomic mass is 32.1. The molecule has 0 radical (unpaired) electrons. The molecule has 0 saturated carbocycles. The Hall–Kier alpha value is -1.17. The van der Waals surface area contributed by atoms with Gasteiger partial charge in [0.25, 0.3) is 5.78 Å². The van der Waals surface area contributed by atoms with Gasteiger partial charge in [-0.2, -0.15) is 9.50 Å². The highest BCUT2D eigenvalue weighted by Gasteiger charge is 1.94. The molecule has 0 fully saturated rings. The van der Waals surface area contributed by atoms with Gasteiger partial charge in [-0.15, -0.1) is 5.10 Å². The molecule has 2 heterocycles. The Morgan fingerprint density at radius 2 is 2.56 bits per heavy atom. The maximum Gasteiger partial charge on any atom is 0.270 e. The lowest BCUT2D eigenvalue weighted by molar-refractivity contribution is 0.933. The van der Waals surface area contributed by atoms with Crippen LogP contribution in [0.25, 0.3) is 5.78 Å². The van der Waals surface area contributed by atoms with Crippen molar-refractivity contribution in [1.29, 1.82) is 0 Å². The van der Waals surface area contributed by atoms with Gasteiger partial charge in [-0.3, -0.25) is 5.10 Å². The number of nitrogens with zero attached hydrogens (tertiary/aromatic N) is 3. The van der Waals surface area contributed by atoms with Crippen LogP contribution in [0, 0.1) is 4.77 Å². The third-order valence-corrected chi connectivity index (χ3v) is 1.30. The van der Waals surface area contributed by atoms with E-state index in [1.54, 1.807) is 4.52 Å². The number of aromatic nitrogens is 5. The average Bonchev–Trinajstić information content (AvgIpc) is 2.35. The topological polar surface area (TPSA) is 61.8 Å². The largest absolute Gasteiger partial charge is 0.278 e. The summed E-state index contributed by atoms with van der Waals surface area (Å²) in [6.07, 6.45) is 1.53. The first-order valence-corrected chi connectivity index (χ1v) is 2.75. The number of rotatable bonds is 0. The van der Waals surface area contributed by atoms with E-state index in [4.69, 9.17) is 12.2 Å². The summed E-state index contributed by atoms with van der Waals surface area (Å²) in [5, 5.41) is 9.14. The highest BCUT2D eigenvalue weighted by molar-refractivity contribution is 7.71. The highest BCUT2D eigenvalue weighted by Crippen LogP contribution is 1.89. The summed E-state index contributed by atoms with van der Waals surface area (Å²) in [6.45, 7) is 0. The average molecular weight is 141 g/mol. The molecule has 0 amide bonds. The number of nitrogens with one attached hydrogen (secondary N) is 2. The van der Waals surface area contributed by atoms with Crippen molar-refractivity contribution in [1.82, 2.24) is 24.8 Å². The molecule has 2 rings (SSSR count). The molecule has 0 atom stereocenters. The van der Waals surface area contributed by atoms with Crippen molar-refractivity contribution in [3.05, 3.63) is 11.1 Å². The Morgan fingerprint density at radius 1 is 1.67 bits per heavy atom. The maximum absolute atomic E-state index is 4.81. The lowest BCUT2D eigenvalue weighted by atomic mass is 11.1. The van der Waals surface area contributed by atoms with Crippen molar-refractivity contribution in [2.45, 2.75) is 0 Å². The van der Waals surface area contributed by atoms with Gasteiger partial charge in [0.15, 0.2) is 0 Å². The third-order valence-electron chi connectivity index (χ3n) is 1.02. The summed E-state index contributed by atoms with van der Waals surface area (Å²) < 4.78 is 2.11. The molecular formula is C3H3N5S. The summed E-state index contributed by atoms with van der Waals surface area (Å²) >= 11 is 4.81. The van der Waals surface area contributed by atoms with E-state index >= 15 is 0 Å². The quantitative estimate of drug-likeness (QED) is 0.512. The normalized spacial score (nSPS) is 10.7. The van der Waals surface area contributed by atoms with Gasteiger partial charge in [-0.05, 0) is 12.2 Å². The fraction of sp³-hybridized carbons (Fsp3) is 0. The number of hydrogen-bond acceptors (Lipinski definition) is 3. The summed E-state index contributed by atoms with van der Waals surface area (Å²) in [5.41, 5.74) is 0. The van der Waals surface area contributed by atoms with Crippen molar-refractivity contribution >= 4 is 18.0 Å². The molecule has 0 unspecified atom stereocenters. The van der Waals surface area contributed by atoms with Crippen LogP contribution >= 0.6 is 12.2 Å². The second kappa shape index (κ2) is 1.41. The summed E-state index contributed by atoms with van der Waals surface area (Å²) in [6, 6.07) is 0. The predicted molar refractivity (Wildman–Crippen MR) is 32.5 cm³/mol. The Morgan fingerprint density at radius 3 is 3.33 bits per heavy atom. The van der Waals surface area contributed by atoms with E-state index in [0.717, 1.165) is 0 Å². The molecule has 0 aliphatic carbocycles. The van der Waals surface area contributed by atoms with E-state index in [2.05, 4.69) is 20.3 Å². The van der Waals surface area contributed by atoms with Crippen molar-refractivity contribution in [3.63, 3.8) is 0 Å². The van der Waals surface area contributed by atoms with E-state index in [1.165, 1.54) is 6.33 Å². The zero-order chi connectivity index (χ0) is 6.27. The van der Waals surface area contributed by atoms with Crippen LogP contribution in [0.1, 0.15) is 0 Å². The Kier molecular flexibility index (Phi) is 0.734. The van der Waals surface area contributed by atoms with E-state index in [9.17, 15) is 0 Å². The zero-order valence-corrected chi connectivity index (χ0v) is 5.14. The first kappa shape index (κ1) is 4.68. The van der Waals surface area contributed by atoms with Crippen molar-refractivity contribution < 1.29 is 0 Å². The summed E-state index contributed by atoms with van der Waals surface area (Å²) in [4.78, 5) is 3.84. The van der Waals surface area contributed by atoms with Crippen LogP contribution in [-0.2, 0) is 0 Å². The fourth-order valence-corrected chi connectivity index (χ4v) is 0.816. The molecule has 0 saturated heterocycles. The first-order chi connectivity index (χ1) is 4.38. The predicted octanol–water partition coefficient (Wildman–Crippen LogP) is 0.115. The minimum absolute atomic E-state index is 0.530. The molecule has 46 valence electrons. The number of fused-ring (bicyclic) bond motifs is 1. The van der Waals surface area contributed by atoms with Crippen LogP contribution in [-0.4, -0.2) is 24.8 Å². The van der Waals surface area contributed by atoms with Gasteiger partial charge < -0.3 is 0 Å². The standard InChI is InChI=1S/C3H3N5S/c9-3-7-6-2-4-1-5-8(2)3/h1H,(H,7,9)(H,4,5,6). The molecule has 5 nitrogen and oxygen atoms in total. The smallest absolute Gasteiger partial charge is 0.270 e. The lowest BCUT2D eigenvalue weighted by Gasteiger charge is -1.72. The molecule has 0 aliphatic heterocycles. The number of H-pyrrole nitrogens is 2. The zero-order valence-electron chi connectivity index (χ0n) is 4.33. The lowest BCUT2D eigenvalue weighted by Crippen LogP contribution is -1.79. The Balaban J connectivity index is 3.17. The van der Waals surface area contributed by atoms with Crippen molar-refractivity contribution in [2.24, 2.45) is 0 Å². The SMILES string of the molecule is S=c1[nH]nc2nc[nH]n12. The molecule has 9 heavy (non-hydrogen) atoms. The molecular weight excluding hydrogens is 138 g/mol.